The van der Waals surface area contributed by atoms with Gasteiger partial charge in [0.05, 0.1) is 17.9 Å². The van der Waals surface area contributed by atoms with Crippen molar-refractivity contribution >= 4 is 46.2 Å². The molecule has 16 nitrogen and oxygen atoms in total. The maximum atomic E-state index is 14.6. The zero-order valence-electron chi connectivity index (χ0n) is 28.2. The van der Waals surface area contributed by atoms with Crippen LogP contribution in [0.5, 0.6) is 0 Å². The van der Waals surface area contributed by atoms with Crippen LogP contribution >= 0.6 is 0 Å². The third-order valence-electron chi connectivity index (χ3n) is 9.92. The highest BCUT2D eigenvalue weighted by Crippen LogP contribution is 2.34. The van der Waals surface area contributed by atoms with Crippen LogP contribution in [-0.2, 0) is 29.5 Å². The molecule has 0 spiro atoms. The molecule has 3 aliphatic rings. The molecule has 3 aromatic rings. The van der Waals surface area contributed by atoms with Crippen molar-refractivity contribution < 1.29 is 38.2 Å². The number of rotatable bonds is 10. The van der Waals surface area contributed by atoms with E-state index in [1.54, 1.807) is 38.1 Å². The Morgan fingerprint density at radius 1 is 1.10 bits per heavy atom. The fourth-order valence-electron chi connectivity index (χ4n) is 7.24. The lowest BCUT2D eigenvalue weighted by molar-refractivity contribution is -0.146. The van der Waals surface area contributed by atoms with E-state index < -0.39 is 52.6 Å². The van der Waals surface area contributed by atoms with Gasteiger partial charge in [0, 0.05) is 39.0 Å². The third-order valence-corrected chi connectivity index (χ3v) is 9.92. The van der Waals surface area contributed by atoms with Crippen LogP contribution in [-0.4, -0.2) is 96.4 Å². The number of hydrogen-bond acceptors (Lipinski definition) is 11. The lowest BCUT2D eigenvalue weighted by atomic mass is 9.84. The van der Waals surface area contributed by atoms with Crippen LogP contribution in [0.1, 0.15) is 94.1 Å². The van der Waals surface area contributed by atoms with Gasteiger partial charge in [-0.1, -0.05) is 49.5 Å². The van der Waals surface area contributed by atoms with E-state index >= 15 is 0 Å². The Balaban J connectivity index is 1.37. The Hall–Kier alpha value is -4.83. The number of para-hydroxylation sites is 2. The van der Waals surface area contributed by atoms with E-state index in [0.29, 0.717) is 16.8 Å². The van der Waals surface area contributed by atoms with Gasteiger partial charge in [0.1, 0.15) is 28.4 Å². The molecule has 4 N–H and O–H groups in total. The summed E-state index contributed by atoms with van der Waals surface area (Å²) in [6.07, 6.45) is 6.41. The minimum atomic E-state index is -1.61. The molecule has 50 heavy (non-hydrogen) atoms. The molecule has 2 atom stereocenters. The molecule has 0 bridgehead atoms. The van der Waals surface area contributed by atoms with Crippen LogP contribution < -0.4 is 11.1 Å². The molecule has 2 aromatic heterocycles. The second kappa shape index (κ2) is 14.2. The molecule has 4 amide bonds. The SMILES string of the molecule is CC(C)(O)c1cnnn1[C@H]1C[C@@H](C(=O)NC2(C(=O)C(N)=O)CCOCC2)N(C(=O)C(CC2CCCCC2)=NC(=O)c2nc3ccccc3o2)C1. The van der Waals surface area contributed by atoms with Crippen LogP contribution in [0.15, 0.2) is 39.9 Å². The quantitative estimate of drug-likeness (QED) is 0.205. The molecule has 0 radical (unpaired) electrons. The zero-order chi connectivity index (χ0) is 35.6. The lowest BCUT2D eigenvalue weighted by Gasteiger charge is -2.37. The van der Waals surface area contributed by atoms with Crippen molar-refractivity contribution in [3.05, 3.63) is 42.0 Å². The number of nitrogens with two attached hydrogens (primary N) is 1. The number of amides is 4. The van der Waals surface area contributed by atoms with Crippen molar-refractivity contribution in [2.75, 3.05) is 19.8 Å². The van der Waals surface area contributed by atoms with Gasteiger partial charge in [0.25, 0.3) is 17.7 Å². The maximum Gasteiger partial charge on any atom is 0.333 e. The van der Waals surface area contributed by atoms with Gasteiger partial charge in [-0.3, -0.25) is 24.0 Å². The Bertz CT molecular complexity index is 1780. The lowest BCUT2D eigenvalue weighted by Crippen LogP contribution is -2.63. The van der Waals surface area contributed by atoms with E-state index in [-0.39, 0.29) is 63.0 Å². The number of ketones is 1. The molecular weight excluding hydrogens is 648 g/mol. The van der Waals surface area contributed by atoms with Crippen molar-refractivity contribution in [1.29, 1.82) is 0 Å². The number of oxazole rings is 1. The predicted molar refractivity (Wildman–Crippen MR) is 177 cm³/mol. The number of nitrogens with zero attached hydrogens (tertiary/aromatic N) is 6. The molecule has 1 aliphatic carbocycles. The third kappa shape index (κ3) is 7.21. The molecule has 2 aliphatic heterocycles. The summed E-state index contributed by atoms with van der Waals surface area (Å²) >= 11 is 0. The van der Waals surface area contributed by atoms with Gasteiger partial charge >= 0.3 is 5.91 Å². The number of hydrogen-bond donors (Lipinski definition) is 3. The molecule has 2 saturated heterocycles. The average molecular weight is 691 g/mol. The highest BCUT2D eigenvalue weighted by Gasteiger charge is 2.49. The van der Waals surface area contributed by atoms with Gasteiger partial charge in [-0.2, -0.15) is 0 Å². The molecular formula is C34H42N8O8. The Kier molecular flexibility index (Phi) is 9.94. The molecule has 4 heterocycles. The van der Waals surface area contributed by atoms with E-state index in [1.165, 1.54) is 15.8 Å². The summed E-state index contributed by atoms with van der Waals surface area (Å²) < 4.78 is 12.5. The van der Waals surface area contributed by atoms with Gasteiger partial charge in [0.15, 0.2) is 5.58 Å². The smallest absolute Gasteiger partial charge is 0.333 e. The number of likely N-dealkylation sites (tertiary alicyclic amines) is 1. The van der Waals surface area contributed by atoms with Crippen LogP contribution in [0.3, 0.4) is 0 Å². The summed E-state index contributed by atoms with van der Waals surface area (Å²) in [5, 5.41) is 21.8. The Morgan fingerprint density at radius 3 is 2.50 bits per heavy atom. The standard InChI is InChI=1S/C34H42N8O8/c1-33(2,48)26-18-36-40-42(26)21-17-24(29(45)39-34(27(43)28(35)44)12-14-49-15-13-34)41(19-21)32(47)23(16-20-8-4-3-5-9-20)37-30(46)31-38-22-10-6-7-11-25(22)50-31/h6-7,10-11,18,20-21,24,48H,3-5,8-9,12-17,19H2,1-2H3,(H2,35,44)(H,39,45)/t21-,24-/m0/s1. The molecule has 0 unspecified atom stereocenters. The summed E-state index contributed by atoms with van der Waals surface area (Å²) in [5.41, 5.74) is 3.62. The van der Waals surface area contributed by atoms with Crippen LogP contribution in [0.2, 0.25) is 0 Å². The minimum Gasteiger partial charge on any atom is -0.432 e. The number of aliphatic hydroxyl groups is 1. The van der Waals surface area contributed by atoms with Gasteiger partial charge in [-0.05, 0) is 38.3 Å². The number of primary amides is 1. The van der Waals surface area contributed by atoms with E-state index in [9.17, 15) is 29.1 Å². The molecule has 3 fully saturated rings. The minimum absolute atomic E-state index is 0.0178. The van der Waals surface area contributed by atoms with E-state index in [1.807, 2.05) is 0 Å². The first kappa shape index (κ1) is 35.0. The monoisotopic (exact) mass is 690 g/mol. The highest BCUT2D eigenvalue weighted by atomic mass is 16.5. The maximum absolute atomic E-state index is 14.6. The largest absolute Gasteiger partial charge is 0.432 e. The molecule has 1 saturated carbocycles. The van der Waals surface area contributed by atoms with E-state index in [0.717, 1.165) is 32.1 Å². The van der Waals surface area contributed by atoms with Crippen molar-refractivity contribution in [2.45, 2.75) is 94.9 Å². The molecule has 16 heteroatoms. The normalized spacial score (nSPS) is 21.7. The summed E-state index contributed by atoms with van der Waals surface area (Å²) in [5.74, 6) is -4.49. The number of aliphatic imine (C=N–C) groups is 1. The van der Waals surface area contributed by atoms with Crippen LogP contribution in [0, 0.1) is 5.92 Å². The first-order valence-electron chi connectivity index (χ1n) is 17.0. The first-order chi connectivity index (χ1) is 23.9. The predicted octanol–water partition coefficient (Wildman–Crippen LogP) is 1.76. The van der Waals surface area contributed by atoms with Gasteiger partial charge in [-0.15, -0.1) is 5.10 Å². The zero-order valence-corrected chi connectivity index (χ0v) is 28.2. The number of nitrogens with one attached hydrogen (secondary N) is 1. The Morgan fingerprint density at radius 2 is 1.82 bits per heavy atom. The number of benzene rings is 1. The number of ether oxygens (including phenoxy) is 1. The summed E-state index contributed by atoms with van der Waals surface area (Å²) in [6.45, 7) is 3.31. The van der Waals surface area contributed by atoms with Crippen LogP contribution in [0.25, 0.3) is 11.1 Å². The molecule has 266 valence electrons. The van der Waals surface area contributed by atoms with Crippen molar-refractivity contribution in [3.63, 3.8) is 0 Å². The summed E-state index contributed by atoms with van der Waals surface area (Å²) in [7, 11) is 0. The van der Waals surface area contributed by atoms with Gasteiger partial charge in [0.2, 0.25) is 11.7 Å². The van der Waals surface area contributed by atoms with Gasteiger partial charge < -0.3 is 30.2 Å². The second-order valence-electron chi connectivity index (χ2n) is 13.9. The van der Waals surface area contributed by atoms with Crippen molar-refractivity contribution in [1.82, 2.24) is 30.2 Å². The van der Waals surface area contributed by atoms with E-state index in [4.69, 9.17) is 14.9 Å². The average Bonchev–Trinajstić information content (AvgIpc) is 3.86. The Labute approximate surface area is 287 Å². The van der Waals surface area contributed by atoms with E-state index in [2.05, 4.69) is 25.6 Å². The number of carbonyl (C=O) groups excluding carboxylic acids is 5. The fourth-order valence-corrected chi connectivity index (χ4v) is 7.24. The second-order valence-corrected chi connectivity index (χ2v) is 13.9. The van der Waals surface area contributed by atoms with Crippen molar-refractivity contribution in [2.24, 2.45) is 16.6 Å². The number of Topliss-reactive ketones (excluding diaryl/α,β-unsaturated/α-hetero) is 1. The number of carbonyl (C=O) groups is 5. The van der Waals surface area contributed by atoms with Crippen LogP contribution in [0.4, 0.5) is 0 Å². The molecule has 6 rings (SSSR count). The number of aromatic nitrogens is 4. The number of fused-ring (bicyclic) bond motifs is 1. The highest BCUT2D eigenvalue weighted by molar-refractivity contribution is 6.41. The fraction of sp³-hybridized carbons (Fsp3) is 0.559. The summed E-state index contributed by atoms with van der Waals surface area (Å²) in [6, 6.07) is 5.07. The molecule has 1 aromatic carbocycles. The van der Waals surface area contributed by atoms with Crippen molar-refractivity contribution in [3.8, 4) is 0 Å². The summed E-state index contributed by atoms with van der Waals surface area (Å²) in [4.78, 5) is 77.4. The first-order valence-corrected chi connectivity index (χ1v) is 17.0. The topological polar surface area (TPSA) is 225 Å². The van der Waals surface area contributed by atoms with Gasteiger partial charge in [-0.25, -0.2) is 14.7 Å².